The number of nitrogens with zero attached hydrogens (tertiary/aromatic N) is 2. The molecule has 31 heavy (non-hydrogen) atoms. The van der Waals surface area contributed by atoms with Crippen LogP contribution in [-0.4, -0.2) is 15.9 Å². The quantitative estimate of drug-likeness (QED) is 0.137. The molecule has 1 heterocycles. The number of carbonyl (C=O) groups is 1. The second-order valence-corrected chi connectivity index (χ2v) is 6.68. The third kappa shape index (κ3) is 5.82. The number of aliphatic hydroxyl groups is 1. The summed E-state index contributed by atoms with van der Waals surface area (Å²) in [5.41, 5.74) is 2.11. The summed E-state index contributed by atoms with van der Waals surface area (Å²) >= 11 is 0. The predicted molar refractivity (Wildman–Crippen MR) is 115 cm³/mol. The fourth-order valence-corrected chi connectivity index (χ4v) is 3.15. The Morgan fingerprint density at radius 3 is 2.48 bits per heavy atom. The van der Waals surface area contributed by atoms with Crippen molar-refractivity contribution in [2.45, 2.75) is 13.8 Å². The molecule has 0 saturated carbocycles. The van der Waals surface area contributed by atoms with Crippen LogP contribution in [0.1, 0.15) is 19.4 Å². The van der Waals surface area contributed by atoms with Gasteiger partial charge in [0.1, 0.15) is 5.82 Å². The van der Waals surface area contributed by atoms with Gasteiger partial charge < -0.3 is 10.1 Å². The molecule has 0 amide bonds. The van der Waals surface area contributed by atoms with Gasteiger partial charge in [-0.1, -0.05) is 18.2 Å². The van der Waals surface area contributed by atoms with Gasteiger partial charge in [0.2, 0.25) is 0 Å². The maximum atomic E-state index is 13.4. The number of allylic oxidation sites excluding steroid dienone is 2. The smallest absolute Gasteiger partial charge is 0.155 e. The first-order valence-electron chi connectivity index (χ1n) is 9.16. The third-order valence-electron chi connectivity index (χ3n) is 4.32. The number of benzene rings is 3. The Morgan fingerprint density at radius 1 is 1.10 bits per heavy atom. The van der Waals surface area contributed by atoms with E-state index in [4.69, 9.17) is 10.4 Å². The molecule has 0 aliphatic carbocycles. The van der Waals surface area contributed by atoms with Crippen LogP contribution in [0, 0.1) is 23.2 Å². The Bertz CT molecular complexity index is 1320. The zero-order valence-corrected chi connectivity index (χ0v) is 19.2. The van der Waals surface area contributed by atoms with Gasteiger partial charge in [-0.3, -0.25) is 4.79 Å². The van der Waals surface area contributed by atoms with Crippen LogP contribution < -0.4 is 0 Å². The molecule has 4 rings (SSSR count). The van der Waals surface area contributed by atoms with E-state index >= 15 is 0 Å². The van der Waals surface area contributed by atoms with Gasteiger partial charge in [0.15, 0.2) is 5.78 Å². The van der Waals surface area contributed by atoms with Crippen molar-refractivity contribution in [2.24, 2.45) is 0 Å². The van der Waals surface area contributed by atoms with Crippen molar-refractivity contribution in [3.63, 3.8) is 0 Å². The van der Waals surface area contributed by atoms with Gasteiger partial charge in [-0.15, -0.1) is 29.8 Å². The van der Waals surface area contributed by atoms with Gasteiger partial charge in [-0.05, 0) is 64.8 Å². The second kappa shape index (κ2) is 10.6. The van der Waals surface area contributed by atoms with E-state index in [0.29, 0.717) is 5.56 Å². The second-order valence-electron chi connectivity index (χ2n) is 6.68. The Kier molecular flexibility index (Phi) is 8.15. The average molecular weight is 590 g/mol. The van der Waals surface area contributed by atoms with Crippen LogP contribution in [0.25, 0.3) is 32.8 Å². The van der Waals surface area contributed by atoms with Gasteiger partial charge in [0, 0.05) is 32.4 Å². The van der Waals surface area contributed by atoms with Crippen molar-refractivity contribution in [1.29, 1.82) is 5.26 Å². The van der Waals surface area contributed by atoms with Crippen LogP contribution in [0.4, 0.5) is 4.39 Å². The molecule has 0 spiro atoms. The van der Waals surface area contributed by atoms with Crippen molar-refractivity contribution in [3.8, 4) is 17.3 Å². The number of hydrogen-bond acceptors (Lipinski definition) is 4. The minimum absolute atomic E-state index is 0. The van der Waals surface area contributed by atoms with E-state index in [1.54, 1.807) is 30.5 Å². The molecule has 1 aromatic heterocycles. The monoisotopic (exact) mass is 590 g/mol. The molecule has 0 fully saturated rings. The number of aromatic nitrogens is 1. The molecule has 4 aromatic rings. The zero-order chi connectivity index (χ0) is 21.7. The predicted octanol–water partition coefficient (Wildman–Crippen LogP) is 5.90. The van der Waals surface area contributed by atoms with Crippen LogP contribution >= 0.6 is 0 Å². The summed E-state index contributed by atoms with van der Waals surface area (Å²) in [5, 5.41) is 21.2. The molecule has 0 unspecified atom stereocenters. The van der Waals surface area contributed by atoms with Crippen LogP contribution in [0.5, 0.6) is 0 Å². The molecule has 0 bridgehead atoms. The molecular weight excluding hydrogens is 572 g/mol. The molecule has 0 saturated heterocycles. The number of hydrogen-bond donors (Lipinski definition) is 1. The standard InChI is InChI=1S/C20H10FN2.C5H8O2.Ir/c21-16-5-7-17-14(11-16)4-6-19-18(17)8-9-23-20(19)15-3-1-2-13(10-15)12-22;1-4(6)3-5(2)7;/h1-2,4-11H;3,6H,1-2H3;/q-1;;/b;4-3-;. The minimum Gasteiger partial charge on any atom is -0.512 e. The van der Waals surface area contributed by atoms with Gasteiger partial charge in [-0.25, -0.2) is 4.39 Å². The molecule has 3 aromatic carbocycles. The Morgan fingerprint density at radius 2 is 1.84 bits per heavy atom. The number of fused-ring (bicyclic) bond motifs is 3. The van der Waals surface area contributed by atoms with E-state index < -0.39 is 0 Å². The summed E-state index contributed by atoms with van der Waals surface area (Å²) in [5.74, 6) is -0.311. The number of ketones is 1. The summed E-state index contributed by atoms with van der Waals surface area (Å²) in [6, 6.07) is 21.0. The van der Waals surface area contributed by atoms with Crippen LogP contribution in [0.15, 0.2) is 72.6 Å². The van der Waals surface area contributed by atoms with E-state index in [1.165, 1.54) is 32.1 Å². The van der Waals surface area contributed by atoms with Crippen LogP contribution in [0.3, 0.4) is 0 Å². The number of halogens is 1. The van der Waals surface area contributed by atoms with Gasteiger partial charge in [0.05, 0.1) is 11.8 Å². The molecule has 0 aliphatic heterocycles. The van der Waals surface area contributed by atoms with E-state index in [9.17, 15) is 9.18 Å². The molecule has 1 radical (unpaired) electrons. The van der Waals surface area contributed by atoms with E-state index in [1.807, 2.05) is 18.2 Å². The molecule has 157 valence electrons. The third-order valence-corrected chi connectivity index (χ3v) is 4.32. The van der Waals surface area contributed by atoms with Gasteiger partial charge in [-0.2, -0.15) is 5.26 Å². The van der Waals surface area contributed by atoms with Gasteiger partial charge in [0.25, 0.3) is 0 Å². The Balaban J connectivity index is 0.000000373. The average Bonchev–Trinajstić information content (AvgIpc) is 2.72. The van der Waals surface area contributed by atoms with E-state index in [2.05, 4.69) is 17.1 Å². The largest absolute Gasteiger partial charge is 0.512 e. The molecule has 0 atom stereocenters. The first-order chi connectivity index (χ1) is 14.4. The van der Waals surface area contributed by atoms with Crippen molar-refractivity contribution in [2.75, 3.05) is 0 Å². The molecule has 0 aliphatic rings. The Labute approximate surface area is 193 Å². The number of nitriles is 1. The molecular formula is C25H18FIrN2O2-. The SMILES string of the molecule is CC(=O)/C=C(/C)O.N#Cc1cc[c-]c(-c2nccc3c2ccc2cc(F)ccc23)c1.[Ir]. The fourth-order valence-electron chi connectivity index (χ4n) is 3.15. The maximum Gasteiger partial charge on any atom is 0.155 e. The summed E-state index contributed by atoms with van der Waals surface area (Å²) in [4.78, 5) is 14.5. The zero-order valence-electron chi connectivity index (χ0n) is 16.8. The van der Waals surface area contributed by atoms with E-state index in [-0.39, 0.29) is 37.5 Å². The molecule has 6 heteroatoms. The van der Waals surface area contributed by atoms with Crippen molar-refractivity contribution < 1.29 is 34.4 Å². The van der Waals surface area contributed by atoms with Crippen molar-refractivity contribution in [3.05, 3.63) is 90.1 Å². The van der Waals surface area contributed by atoms with Gasteiger partial charge >= 0.3 is 0 Å². The van der Waals surface area contributed by atoms with Crippen molar-refractivity contribution in [1.82, 2.24) is 4.98 Å². The fraction of sp³-hybridized carbons (Fsp3) is 0.0800. The summed E-state index contributed by atoms with van der Waals surface area (Å²) in [6.45, 7) is 2.85. The van der Waals surface area contributed by atoms with Crippen molar-refractivity contribution >= 4 is 27.3 Å². The Hall–Kier alpha value is -3.39. The normalized spacial score (nSPS) is 10.6. The van der Waals surface area contributed by atoms with E-state index in [0.717, 1.165) is 32.8 Å². The number of aliphatic hydroxyl groups excluding tert-OH is 1. The number of carbonyl (C=O) groups excluding carboxylic acids is 1. The minimum atomic E-state index is -0.249. The first-order valence-corrected chi connectivity index (χ1v) is 9.16. The topological polar surface area (TPSA) is 74.0 Å². The van der Waals surface area contributed by atoms with Crippen LogP contribution in [-0.2, 0) is 24.9 Å². The number of pyridine rings is 1. The first kappa shape index (κ1) is 23.9. The molecule has 4 nitrogen and oxygen atoms in total. The summed E-state index contributed by atoms with van der Waals surface area (Å²) in [7, 11) is 0. The molecule has 1 N–H and O–H groups in total. The summed E-state index contributed by atoms with van der Waals surface area (Å²) in [6.07, 6.45) is 2.90. The maximum absolute atomic E-state index is 13.4. The van der Waals surface area contributed by atoms with Crippen LogP contribution in [0.2, 0.25) is 0 Å². The summed E-state index contributed by atoms with van der Waals surface area (Å²) < 4.78 is 13.4. The number of rotatable bonds is 2.